The van der Waals surface area contributed by atoms with E-state index in [1.807, 2.05) is 69.2 Å². The Balaban J connectivity index is 1.48. The van der Waals surface area contributed by atoms with E-state index in [0.29, 0.717) is 46.2 Å². The second kappa shape index (κ2) is 28.6. The van der Waals surface area contributed by atoms with Gasteiger partial charge in [0.15, 0.2) is 0 Å². The monoisotopic (exact) mass is 906 g/mol. The fraction of sp³-hybridized carbons (Fsp3) is 0.727. The molecule has 0 spiro atoms. The topological polar surface area (TPSA) is 170 Å². The van der Waals surface area contributed by atoms with Gasteiger partial charge in [0, 0.05) is 0 Å². The van der Waals surface area contributed by atoms with Gasteiger partial charge in [0.1, 0.15) is 0 Å². The molecule has 10 atom stereocenters. The first-order chi connectivity index (χ1) is 28.6. The zero-order chi connectivity index (χ0) is 45.6. The summed E-state index contributed by atoms with van der Waals surface area (Å²) in [6.07, 6.45) is -2.58. The van der Waals surface area contributed by atoms with Crippen LogP contribution in [0.5, 0.6) is 0 Å². The lowest BCUT2D eigenvalue weighted by molar-refractivity contribution is -0.111. The molecule has 10 unspecified atom stereocenters. The van der Waals surface area contributed by atoms with E-state index in [1.165, 1.54) is 24.3 Å². The summed E-state index contributed by atoms with van der Waals surface area (Å²) in [4.78, 5) is 0.225. The molecule has 0 aliphatic carbocycles. The highest BCUT2D eigenvalue weighted by Crippen LogP contribution is 2.17. The molecule has 0 aliphatic heterocycles. The molecule has 17 heteroatoms. The maximum Gasteiger partial charge on any atom is 0.297 e. The zero-order valence-electron chi connectivity index (χ0n) is 38.4. The molecule has 15 nitrogen and oxygen atoms in total. The summed E-state index contributed by atoms with van der Waals surface area (Å²) >= 11 is 0. The third kappa shape index (κ3) is 24.5. The largest absolute Gasteiger partial charge is 0.373 e. The zero-order valence-corrected chi connectivity index (χ0v) is 40.0. The fourth-order valence-corrected chi connectivity index (χ4v) is 7.14. The summed E-state index contributed by atoms with van der Waals surface area (Å²) in [6.45, 7) is 25.4. The van der Waals surface area contributed by atoms with Gasteiger partial charge >= 0.3 is 0 Å². The van der Waals surface area contributed by atoms with Crippen molar-refractivity contribution in [3.05, 3.63) is 59.7 Å². The van der Waals surface area contributed by atoms with E-state index in [2.05, 4.69) is 0 Å². The second-order valence-electron chi connectivity index (χ2n) is 16.0. The number of hydrogen-bond donors (Lipinski definition) is 0. The molecule has 0 bridgehead atoms. The van der Waals surface area contributed by atoms with Crippen LogP contribution >= 0.6 is 0 Å². The number of hydrogen-bond acceptors (Lipinski definition) is 15. The molecule has 61 heavy (non-hydrogen) atoms. The lowest BCUT2D eigenvalue weighted by Crippen LogP contribution is -2.31. The Bertz CT molecular complexity index is 1680. The number of aryl methyl sites for hydroxylation is 2. The van der Waals surface area contributed by atoms with Crippen molar-refractivity contribution in [2.75, 3.05) is 66.1 Å². The van der Waals surface area contributed by atoms with E-state index in [1.54, 1.807) is 38.1 Å². The quantitative estimate of drug-likeness (QED) is 0.0702. The third-order valence-corrected chi connectivity index (χ3v) is 11.6. The minimum atomic E-state index is -3.88. The van der Waals surface area contributed by atoms with Crippen LogP contribution in [0.15, 0.2) is 58.3 Å². The van der Waals surface area contributed by atoms with Crippen LogP contribution in [0.25, 0.3) is 0 Å². The molecule has 0 radical (unpaired) electrons. The number of ether oxygens (including phenoxy) is 9. The van der Waals surface area contributed by atoms with E-state index < -0.39 is 32.4 Å². The second-order valence-corrected chi connectivity index (χ2v) is 19.2. The predicted molar refractivity (Wildman–Crippen MR) is 232 cm³/mol. The Morgan fingerprint density at radius 1 is 0.328 bits per heavy atom. The van der Waals surface area contributed by atoms with E-state index in [0.717, 1.165) is 11.1 Å². The van der Waals surface area contributed by atoms with Crippen molar-refractivity contribution in [2.24, 2.45) is 0 Å². The van der Waals surface area contributed by atoms with Gasteiger partial charge in [-0.2, -0.15) is 16.8 Å². The molecule has 2 rings (SSSR count). The first-order valence-electron chi connectivity index (χ1n) is 21.2. The standard InChI is InChI=1S/C44H74O15S2/c1-31-13-17-43(18-14-31)60(45,46)58-30-41(11)56-28-39(9)54-26-37(7)52-24-35(5)50-22-33(3)49-21-34(4)51-23-36(6)53-25-38(8)55-27-40(10)57-29-42(12)59-61(47,48)44-19-15-32(2)16-20-44/h13-20,33-42H,21-30H2,1-12H3. The molecule has 0 saturated heterocycles. The molecule has 352 valence electrons. The van der Waals surface area contributed by atoms with Crippen LogP contribution < -0.4 is 0 Å². The Hall–Kier alpha value is -2.10. The summed E-state index contributed by atoms with van der Waals surface area (Å²) in [5.74, 6) is 0. The molecule has 0 aromatic heterocycles. The lowest BCUT2D eigenvalue weighted by Gasteiger charge is -2.23. The first kappa shape index (κ1) is 55.0. The number of rotatable bonds is 34. The van der Waals surface area contributed by atoms with Crippen LogP contribution in [0, 0.1) is 13.8 Å². The Morgan fingerprint density at radius 2 is 0.541 bits per heavy atom. The summed E-state index contributed by atoms with van der Waals surface area (Å²) < 4.78 is 113. The highest BCUT2D eigenvalue weighted by molar-refractivity contribution is 7.87. The van der Waals surface area contributed by atoms with Crippen LogP contribution in [0.2, 0.25) is 0 Å². The average molecular weight is 907 g/mol. The normalized spacial score (nSPS) is 17.5. The van der Waals surface area contributed by atoms with Crippen LogP contribution in [0.4, 0.5) is 0 Å². The van der Waals surface area contributed by atoms with Crippen LogP contribution in [0.1, 0.15) is 80.4 Å². The van der Waals surface area contributed by atoms with Gasteiger partial charge in [0.2, 0.25) is 0 Å². The average Bonchev–Trinajstić information content (AvgIpc) is 3.21. The molecule has 0 amide bonds. The maximum absolute atomic E-state index is 12.5. The maximum atomic E-state index is 12.5. The van der Waals surface area contributed by atoms with Crippen molar-refractivity contribution in [1.82, 2.24) is 0 Å². The van der Waals surface area contributed by atoms with E-state index in [4.69, 9.17) is 51.0 Å². The Kier molecular flexibility index (Phi) is 25.8. The molecule has 2 aromatic carbocycles. The van der Waals surface area contributed by atoms with Crippen molar-refractivity contribution in [2.45, 2.75) is 154 Å². The van der Waals surface area contributed by atoms with Gasteiger partial charge in [-0.3, -0.25) is 8.37 Å². The summed E-state index contributed by atoms with van der Waals surface area (Å²) in [5.41, 5.74) is 1.93. The van der Waals surface area contributed by atoms with Crippen LogP contribution in [-0.4, -0.2) is 144 Å². The highest BCUT2D eigenvalue weighted by Gasteiger charge is 2.21. The molecule has 0 N–H and O–H groups in total. The van der Waals surface area contributed by atoms with Gasteiger partial charge in [-0.1, -0.05) is 35.4 Å². The fourth-order valence-electron chi connectivity index (χ4n) is 5.09. The molecular formula is C44H74O15S2. The van der Waals surface area contributed by atoms with E-state index in [-0.39, 0.29) is 78.4 Å². The first-order valence-corrected chi connectivity index (χ1v) is 24.0. The number of benzene rings is 2. The van der Waals surface area contributed by atoms with Crippen molar-refractivity contribution in [3.8, 4) is 0 Å². The minimum Gasteiger partial charge on any atom is -0.373 e. The van der Waals surface area contributed by atoms with Gasteiger partial charge in [-0.15, -0.1) is 0 Å². The van der Waals surface area contributed by atoms with Gasteiger partial charge in [-0.05, 0) is 107 Å². The SMILES string of the molecule is Cc1ccc(S(=O)(=O)OCC(C)OCC(C)OCC(C)OCC(C)OCC(C)OCC(C)OCC(C)OCC(C)OCC(C)OCC(C)OS(=O)(=O)c2ccc(C)cc2)cc1. The van der Waals surface area contributed by atoms with E-state index in [9.17, 15) is 16.8 Å². The summed E-state index contributed by atoms with van der Waals surface area (Å²) in [7, 11) is -7.73. The molecule has 0 fully saturated rings. The highest BCUT2D eigenvalue weighted by atomic mass is 32.2. The lowest BCUT2D eigenvalue weighted by atomic mass is 10.2. The Morgan fingerprint density at radius 3 is 0.803 bits per heavy atom. The molecule has 2 aromatic rings. The van der Waals surface area contributed by atoms with Crippen molar-refractivity contribution in [1.29, 1.82) is 0 Å². The van der Waals surface area contributed by atoms with Gasteiger partial charge in [0.05, 0.1) is 137 Å². The van der Waals surface area contributed by atoms with Gasteiger partial charge in [0.25, 0.3) is 20.2 Å². The van der Waals surface area contributed by atoms with Crippen molar-refractivity contribution < 1.29 is 67.8 Å². The Labute approximate surface area is 366 Å². The van der Waals surface area contributed by atoms with Crippen molar-refractivity contribution in [3.63, 3.8) is 0 Å². The molecule has 0 heterocycles. The van der Waals surface area contributed by atoms with Crippen LogP contribution in [0.3, 0.4) is 0 Å². The van der Waals surface area contributed by atoms with Gasteiger partial charge < -0.3 is 42.6 Å². The summed E-state index contributed by atoms with van der Waals surface area (Å²) in [5, 5.41) is 0. The third-order valence-electron chi connectivity index (χ3n) is 8.91. The molecule has 0 aliphatic rings. The predicted octanol–water partition coefficient (Wildman–Crippen LogP) is 6.45. The van der Waals surface area contributed by atoms with E-state index >= 15 is 0 Å². The molecule has 0 saturated carbocycles. The van der Waals surface area contributed by atoms with Crippen molar-refractivity contribution >= 4 is 20.2 Å². The summed E-state index contributed by atoms with van der Waals surface area (Å²) in [6, 6.07) is 13.0. The van der Waals surface area contributed by atoms with Crippen LogP contribution in [-0.2, 0) is 71.2 Å². The molecular weight excluding hydrogens is 833 g/mol. The minimum absolute atomic E-state index is 0.0976. The smallest absolute Gasteiger partial charge is 0.297 e. The van der Waals surface area contributed by atoms with Gasteiger partial charge in [-0.25, -0.2) is 0 Å².